The van der Waals surface area contributed by atoms with Crippen LogP contribution in [-0.4, -0.2) is 18.2 Å². The van der Waals surface area contributed by atoms with Gasteiger partial charge in [0.1, 0.15) is 5.82 Å². The van der Waals surface area contributed by atoms with Crippen LogP contribution in [0.15, 0.2) is 24.3 Å². The molecule has 2 nitrogen and oxygen atoms in total. The van der Waals surface area contributed by atoms with E-state index in [1.54, 1.807) is 0 Å². The third kappa shape index (κ3) is 3.08. The fourth-order valence-electron chi connectivity index (χ4n) is 3.48. The van der Waals surface area contributed by atoms with Crippen LogP contribution in [0.4, 0.5) is 10.1 Å². The van der Waals surface area contributed by atoms with Crippen LogP contribution in [-0.2, 0) is 4.74 Å². The van der Waals surface area contributed by atoms with Gasteiger partial charge in [-0.25, -0.2) is 4.39 Å². The molecule has 1 saturated heterocycles. The molecule has 19 heavy (non-hydrogen) atoms. The van der Waals surface area contributed by atoms with Crippen LogP contribution < -0.4 is 5.32 Å². The van der Waals surface area contributed by atoms with E-state index < -0.39 is 0 Å². The van der Waals surface area contributed by atoms with Gasteiger partial charge in [0, 0.05) is 18.3 Å². The quantitative estimate of drug-likeness (QED) is 0.866. The third-order valence-corrected chi connectivity index (χ3v) is 4.47. The van der Waals surface area contributed by atoms with Crippen LogP contribution in [0.25, 0.3) is 0 Å². The minimum atomic E-state index is -0.179. The Morgan fingerprint density at radius 3 is 2.58 bits per heavy atom. The van der Waals surface area contributed by atoms with E-state index in [1.165, 1.54) is 44.2 Å². The van der Waals surface area contributed by atoms with Crippen molar-refractivity contribution in [2.45, 2.75) is 56.6 Å². The number of benzene rings is 1. The number of rotatable bonds is 2. The van der Waals surface area contributed by atoms with Crippen LogP contribution in [0.2, 0.25) is 0 Å². The lowest BCUT2D eigenvalue weighted by atomic mass is 9.78. The standard InChI is InChI=1S/C16H22FNO/c17-13-4-6-14(7-5-13)18-15-8-11-19-16(12-15)9-2-1-3-10-16/h4-7,15,18H,1-3,8-12H2. The number of halogens is 1. The fraction of sp³-hybridized carbons (Fsp3) is 0.625. The highest BCUT2D eigenvalue weighted by atomic mass is 19.1. The topological polar surface area (TPSA) is 21.3 Å². The molecule has 104 valence electrons. The minimum Gasteiger partial charge on any atom is -0.382 e. The van der Waals surface area contributed by atoms with Crippen molar-refractivity contribution in [2.24, 2.45) is 0 Å². The summed E-state index contributed by atoms with van der Waals surface area (Å²) >= 11 is 0. The van der Waals surface area contributed by atoms with Crippen molar-refractivity contribution in [3.63, 3.8) is 0 Å². The largest absolute Gasteiger partial charge is 0.382 e. The second-order valence-electron chi connectivity index (χ2n) is 5.93. The molecule has 1 heterocycles. The number of hydrogen-bond donors (Lipinski definition) is 1. The average molecular weight is 263 g/mol. The first-order valence-corrected chi connectivity index (χ1v) is 7.42. The molecule has 1 atom stereocenters. The molecule has 1 aliphatic heterocycles. The van der Waals surface area contributed by atoms with Gasteiger partial charge in [0.15, 0.2) is 0 Å². The first-order valence-electron chi connectivity index (χ1n) is 7.42. The Balaban J connectivity index is 1.63. The van der Waals surface area contributed by atoms with Gasteiger partial charge in [-0.05, 0) is 49.9 Å². The Hall–Kier alpha value is -1.09. The Morgan fingerprint density at radius 2 is 1.84 bits per heavy atom. The molecule has 1 N–H and O–H groups in total. The van der Waals surface area contributed by atoms with Crippen LogP contribution in [0.5, 0.6) is 0 Å². The van der Waals surface area contributed by atoms with E-state index in [0.717, 1.165) is 25.1 Å². The summed E-state index contributed by atoms with van der Waals surface area (Å²) in [6.07, 6.45) is 8.47. The molecule has 1 aliphatic carbocycles. The van der Waals surface area contributed by atoms with Gasteiger partial charge in [0.25, 0.3) is 0 Å². The second kappa shape index (κ2) is 5.49. The van der Waals surface area contributed by atoms with Crippen molar-refractivity contribution in [3.05, 3.63) is 30.1 Å². The van der Waals surface area contributed by atoms with Gasteiger partial charge in [0.05, 0.1) is 5.60 Å². The zero-order valence-electron chi connectivity index (χ0n) is 11.3. The highest BCUT2D eigenvalue weighted by molar-refractivity contribution is 5.43. The average Bonchev–Trinajstić information content (AvgIpc) is 2.42. The summed E-state index contributed by atoms with van der Waals surface area (Å²) < 4.78 is 19.0. The number of ether oxygens (including phenoxy) is 1. The zero-order chi connectivity index (χ0) is 13.1. The smallest absolute Gasteiger partial charge is 0.123 e. The van der Waals surface area contributed by atoms with Crippen LogP contribution in [0.1, 0.15) is 44.9 Å². The van der Waals surface area contributed by atoms with Crippen molar-refractivity contribution >= 4 is 5.69 Å². The summed E-state index contributed by atoms with van der Waals surface area (Å²) in [6, 6.07) is 7.12. The van der Waals surface area contributed by atoms with E-state index in [2.05, 4.69) is 5.32 Å². The maximum Gasteiger partial charge on any atom is 0.123 e. The van der Waals surface area contributed by atoms with E-state index in [0.29, 0.717) is 6.04 Å². The summed E-state index contributed by atoms with van der Waals surface area (Å²) in [5, 5.41) is 3.53. The summed E-state index contributed by atoms with van der Waals surface area (Å²) in [5.41, 5.74) is 1.13. The fourth-order valence-corrected chi connectivity index (χ4v) is 3.48. The first kappa shape index (κ1) is 12.9. The van der Waals surface area contributed by atoms with Crippen molar-refractivity contribution in [1.29, 1.82) is 0 Å². The molecular formula is C16H22FNO. The molecule has 2 aliphatic rings. The van der Waals surface area contributed by atoms with Crippen LogP contribution >= 0.6 is 0 Å². The molecule has 0 radical (unpaired) electrons. The molecular weight excluding hydrogens is 241 g/mol. The van der Waals surface area contributed by atoms with E-state index >= 15 is 0 Å². The minimum absolute atomic E-state index is 0.119. The molecule has 0 aromatic heterocycles. The monoisotopic (exact) mass is 263 g/mol. The van der Waals surface area contributed by atoms with Crippen LogP contribution in [0.3, 0.4) is 0 Å². The summed E-state index contributed by atoms with van der Waals surface area (Å²) in [5.74, 6) is -0.179. The van der Waals surface area contributed by atoms with Gasteiger partial charge < -0.3 is 10.1 Å². The lowest BCUT2D eigenvalue weighted by molar-refractivity contribution is -0.103. The maximum absolute atomic E-state index is 12.9. The molecule has 3 heteroatoms. The molecule has 1 aromatic rings. The number of nitrogens with one attached hydrogen (secondary N) is 1. The Labute approximate surface area is 114 Å². The lowest BCUT2D eigenvalue weighted by Gasteiger charge is -2.44. The van der Waals surface area contributed by atoms with Gasteiger partial charge >= 0.3 is 0 Å². The van der Waals surface area contributed by atoms with E-state index in [4.69, 9.17) is 4.74 Å². The van der Waals surface area contributed by atoms with Gasteiger partial charge in [-0.2, -0.15) is 0 Å². The van der Waals surface area contributed by atoms with Crippen molar-refractivity contribution in [1.82, 2.24) is 0 Å². The van der Waals surface area contributed by atoms with Gasteiger partial charge in [0.2, 0.25) is 0 Å². The Kier molecular flexibility index (Phi) is 3.74. The van der Waals surface area contributed by atoms with E-state index in [-0.39, 0.29) is 11.4 Å². The first-order chi connectivity index (χ1) is 9.26. The molecule has 3 rings (SSSR count). The number of anilines is 1. The molecule has 0 bridgehead atoms. The predicted octanol–water partition coefficient (Wildman–Crippen LogP) is 4.12. The SMILES string of the molecule is Fc1ccc(NC2CCOC3(CCCCC3)C2)cc1. The zero-order valence-corrected chi connectivity index (χ0v) is 11.3. The van der Waals surface area contributed by atoms with Crippen molar-refractivity contribution in [3.8, 4) is 0 Å². The van der Waals surface area contributed by atoms with Crippen molar-refractivity contribution < 1.29 is 9.13 Å². The molecule has 0 amide bonds. The Morgan fingerprint density at radius 1 is 1.11 bits per heavy atom. The van der Waals surface area contributed by atoms with E-state index in [1.807, 2.05) is 12.1 Å². The molecule has 1 aromatic carbocycles. The van der Waals surface area contributed by atoms with Gasteiger partial charge in [-0.3, -0.25) is 0 Å². The third-order valence-electron chi connectivity index (χ3n) is 4.47. The normalized spacial score (nSPS) is 26.3. The highest BCUT2D eigenvalue weighted by Gasteiger charge is 2.38. The van der Waals surface area contributed by atoms with Crippen LogP contribution in [0, 0.1) is 5.82 Å². The summed E-state index contributed by atoms with van der Waals surface area (Å²) in [4.78, 5) is 0. The lowest BCUT2D eigenvalue weighted by Crippen LogP contribution is -2.45. The summed E-state index contributed by atoms with van der Waals surface area (Å²) in [6.45, 7) is 0.846. The predicted molar refractivity (Wildman–Crippen MR) is 74.8 cm³/mol. The number of hydrogen-bond acceptors (Lipinski definition) is 2. The highest BCUT2D eigenvalue weighted by Crippen LogP contribution is 2.39. The van der Waals surface area contributed by atoms with E-state index in [9.17, 15) is 4.39 Å². The summed E-state index contributed by atoms with van der Waals surface area (Å²) in [7, 11) is 0. The molecule has 1 saturated carbocycles. The second-order valence-corrected chi connectivity index (χ2v) is 5.93. The van der Waals surface area contributed by atoms with Gasteiger partial charge in [-0.15, -0.1) is 0 Å². The maximum atomic E-state index is 12.9. The molecule has 2 fully saturated rings. The Bertz CT molecular complexity index is 406. The molecule has 1 unspecified atom stereocenters. The van der Waals surface area contributed by atoms with Crippen molar-refractivity contribution in [2.75, 3.05) is 11.9 Å². The van der Waals surface area contributed by atoms with Gasteiger partial charge in [-0.1, -0.05) is 19.3 Å². The molecule has 1 spiro atoms.